The van der Waals surface area contributed by atoms with Gasteiger partial charge in [0, 0.05) is 6.54 Å². The topological polar surface area (TPSA) is 21.3 Å². The third-order valence-electron chi connectivity index (χ3n) is 2.29. The summed E-state index contributed by atoms with van der Waals surface area (Å²) in [6.07, 6.45) is -4.88. The molecule has 0 spiro atoms. The molecule has 0 fully saturated rings. The molecule has 0 saturated heterocycles. The number of alkyl halides is 3. The van der Waals surface area contributed by atoms with E-state index < -0.39 is 18.9 Å². The van der Waals surface area contributed by atoms with Crippen molar-refractivity contribution >= 4 is 0 Å². The van der Waals surface area contributed by atoms with Crippen molar-refractivity contribution in [3.63, 3.8) is 0 Å². The van der Waals surface area contributed by atoms with Crippen LogP contribution in [0.1, 0.15) is 17.2 Å². The summed E-state index contributed by atoms with van der Waals surface area (Å²) in [6, 6.07) is 7.28. The maximum absolute atomic E-state index is 12.1. The van der Waals surface area contributed by atoms with E-state index in [0.717, 1.165) is 11.1 Å². The average Bonchev–Trinajstić information content (AvgIpc) is 2.24. The van der Waals surface area contributed by atoms with E-state index in [1.54, 1.807) is 19.2 Å². The van der Waals surface area contributed by atoms with Gasteiger partial charge in [-0.3, -0.25) is 0 Å². The van der Waals surface area contributed by atoms with Crippen molar-refractivity contribution in [1.82, 2.24) is 5.32 Å². The SMILES string of the molecule is CNCC(OCC(F)(F)F)c1ccc(C)cc1. The molecule has 0 radical (unpaired) electrons. The molecule has 0 amide bonds. The first kappa shape index (κ1) is 14.0. The van der Waals surface area contributed by atoms with E-state index in [0.29, 0.717) is 6.54 Å². The van der Waals surface area contributed by atoms with Crippen LogP contribution in [0.5, 0.6) is 0 Å². The molecule has 1 aromatic rings. The van der Waals surface area contributed by atoms with Gasteiger partial charge in [-0.1, -0.05) is 29.8 Å². The number of aryl methyl sites for hydroxylation is 1. The molecule has 1 N–H and O–H groups in total. The molecule has 1 atom stereocenters. The number of rotatable bonds is 5. The average molecular weight is 247 g/mol. The smallest absolute Gasteiger partial charge is 0.363 e. The lowest BCUT2D eigenvalue weighted by molar-refractivity contribution is -0.185. The van der Waals surface area contributed by atoms with E-state index in [1.165, 1.54) is 0 Å². The third kappa shape index (κ3) is 5.19. The van der Waals surface area contributed by atoms with E-state index in [9.17, 15) is 13.2 Å². The fraction of sp³-hybridized carbons (Fsp3) is 0.500. The zero-order valence-corrected chi connectivity index (χ0v) is 9.84. The summed E-state index contributed by atoms with van der Waals surface area (Å²) in [6.45, 7) is 1.04. The highest BCUT2D eigenvalue weighted by Gasteiger charge is 2.29. The maximum atomic E-state index is 12.1. The number of hydrogen-bond donors (Lipinski definition) is 1. The van der Waals surface area contributed by atoms with Crippen molar-refractivity contribution < 1.29 is 17.9 Å². The highest BCUT2D eigenvalue weighted by atomic mass is 19.4. The van der Waals surface area contributed by atoms with Crippen molar-refractivity contribution in [2.24, 2.45) is 0 Å². The molecule has 1 aromatic carbocycles. The largest absolute Gasteiger partial charge is 0.411 e. The number of nitrogens with one attached hydrogen (secondary N) is 1. The molecule has 0 aliphatic carbocycles. The highest BCUT2D eigenvalue weighted by Crippen LogP contribution is 2.22. The fourth-order valence-electron chi connectivity index (χ4n) is 1.43. The van der Waals surface area contributed by atoms with Crippen molar-refractivity contribution in [2.75, 3.05) is 20.2 Å². The van der Waals surface area contributed by atoms with Crippen LogP contribution in [0.3, 0.4) is 0 Å². The molecule has 1 unspecified atom stereocenters. The van der Waals surface area contributed by atoms with E-state index in [2.05, 4.69) is 5.32 Å². The van der Waals surface area contributed by atoms with Crippen molar-refractivity contribution in [3.05, 3.63) is 35.4 Å². The molecular weight excluding hydrogens is 231 g/mol. The van der Waals surface area contributed by atoms with Crippen LogP contribution in [0.25, 0.3) is 0 Å². The van der Waals surface area contributed by atoms with E-state index >= 15 is 0 Å². The van der Waals surface area contributed by atoms with Crippen LogP contribution in [0.4, 0.5) is 13.2 Å². The van der Waals surface area contributed by atoms with Gasteiger partial charge in [-0.25, -0.2) is 0 Å². The Morgan fingerprint density at radius 3 is 2.29 bits per heavy atom. The summed E-state index contributed by atoms with van der Waals surface area (Å²) in [7, 11) is 1.68. The van der Waals surface area contributed by atoms with Gasteiger partial charge in [0.05, 0.1) is 6.10 Å². The standard InChI is InChI=1S/C12H16F3NO/c1-9-3-5-10(6-4-9)11(7-16-2)17-8-12(13,14)15/h3-6,11,16H,7-8H2,1-2H3. The monoisotopic (exact) mass is 247 g/mol. The molecule has 0 bridgehead atoms. The van der Waals surface area contributed by atoms with Gasteiger partial charge in [0.15, 0.2) is 0 Å². The molecule has 1 rings (SSSR count). The lowest BCUT2D eigenvalue weighted by Crippen LogP contribution is -2.25. The summed E-state index contributed by atoms with van der Waals surface area (Å²) in [4.78, 5) is 0. The molecule has 17 heavy (non-hydrogen) atoms. The van der Waals surface area contributed by atoms with E-state index in [4.69, 9.17) is 4.74 Å². The van der Waals surface area contributed by atoms with Crippen molar-refractivity contribution in [2.45, 2.75) is 19.2 Å². The minimum Gasteiger partial charge on any atom is -0.363 e. The van der Waals surface area contributed by atoms with Gasteiger partial charge in [0.2, 0.25) is 0 Å². The summed E-state index contributed by atoms with van der Waals surface area (Å²) in [5.74, 6) is 0. The maximum Gasteiger partial charge on any atom is 0.411 e. The van der Waals surface area contributed by atoms with Gasteiger partial charge >= 0.3 is 6.18 Å². The van der Waals surface area contributed by atoms with Crippen LogP contribution in [0.15, 0.2) is 24.3 Å². The minimum atomic E-state index is -4.29. The van der Waals surface area contributed by atoms with Gasteiger partial charge < -0.3 is 10.1 Å². The first-order valence-electron chi connectivity index (χ1n) is 5.32. The van der Waals surface area contributed by atoms with Crippen LogP contribution in [-0.2, 0) is 4.74 Å². The number of hydrogen-bond acceptors (Lipinski definition) is 2. The fourth-order valence-corrected chi connectivity index (χ4v) is 1.43. The lowest BCUT2D eigenvalue weighted by Gasteiger charge is -2.19. The number of benzene rings is 1. The lowest BCUT2D eigenvalue weighted by atomic mass is 10.1. The molecule has 0 aliphatic heterocycles. The Bertz CT molecular complexity index is 335. The van der Waals surface area contributed by atoms with Gasteiger partial charge in [-0.2, -0.15) is 13.2 Å². The molecule has 5 heteroatoms. The zero-order chi connectivity index (χ0) is 12.9. The summed E-state index contributed by atoms with van der Waals surface area (Å²) in [5, 5.41) is 2.82. The second kappa shape index (κ2) is 6.02. The first-order valence-corrected chi connectivity index (χ1v) is 5.32. The summed E-state index contributed by atoms with van der Waals surface area (Å²) in [5.41, 5.74) is 1.81. The molecule has 0 aromatic heterocycles. The van der Waals surface area contributed by atoms with Crippen LogP contribution in [0.2, 0.25) is 0 Å². The Labute approximate surface area is 98.8 Å². The Balaban J connectivity index is 2.68. The number of halogens is 3. The van der Waals surface area contributed by atoms with Crippen molar-refractivity contribution in [1.29, 1.82) is 0 Å². The predicted octanol–water partition coefficient (Wildman–Crippen LogP) is 2.83. The van der Waals surface area contributed by atoms with E-state index in [-0.39, 0.29) is 0 Å². The normalized spacial score (nSPS) is 13.7. The molecule has 0 heterocycles. The van der Waals surface area contributed by atoms with Crippen LogP contribution < -0.4 is 5.32 Å². The molecular formula is C12H16F3NO. The van der Waals surface area contributed by atoms with Crippen LogP contribution in [-0.4, -0.2) is 26.4 Å². The second-order valence-corrected chi connectivity index (χ2v) is 3.88. The zero-order valence-electron chi connectivity index (χ0n) is 9.84. The van der Waals surface area contributed by atoms with Crippen LogP contribution >= 0.6 is 0 Å². The second-order valence-electron chi connectivity index (χ2n) is 3.88. The Hall–Kier alpha value is -1.07. The molecule has 0 aliphatic rings. The predicted molar refractivity (Wildman–Crippen MR) is 59.9 cm³/mol. The molecule has 0 saturated carbocycles. The van der Waals surface area contributed by atoms with Crippen molar-refractivity contribution in [3.8, 4) is 0 Å². The van der Waals surface area contributed by atoms with E-state index in [1.807, 2.05) is 19.1 Å². The molecule has 2 nitrogen and oxygen atoms in total. The van der Waals surface area contributed by atoms with Gasteiger partial charge in [0.1, 0.15) is 6.61 Å². The first-order chi connectivity index (χ1) is 7.92. The van der Waals surface area contributed by atoms with Gasteiger partial charge in [0.25, 0.3) is 0 Å². The minimum absolute atomic E-state index is 0.346. The molecule has 96 valence electrons. The Morgan fingerprint density at radius 1 is 1.24 bits per heavy atom. The van der Waals surface area contributed by atoms with Gasteiger partial charge in [-0.15, -0.1) is 0 Å². The summed E-state index contributed by atoms with van der Waals surface area (Å²) < 4.78 is 41.2. The highest BCUT2D eigenvalue weighted by molar-refractivity contribution is 5.23. The van der Waals surface area contributed by atoms with Gasteiger partial charge in [-0.05, 0) is 19.5 Å². The number of ether oxygens (including phenoxy) is 1. The quantitative estimate of drug-likeness (QED) is 0.863. The Morgan fingerprint density at radius 2 is 1.82 bits per heavy atom. The Kier molecular flexibility index (Phi) is 4.96. The van der Waals surface area contributed by atoms with Crippen LogP contribution in [0, 0.1) is 6.92 Å². The number of likely N-dealkylation sites (N-methyl/N-ethyl adjacent to an activating group) is 1. The summed E-state index contributed by atoms with van der Waals surface area (Å²) >= 11 is 0. The third-order valence-corrected chi connectivity index (χ3v) is 2.29.